The van der Waals surface area contributed by atoms with Crippen molar-refractivity contribution in [3.8, 4) is 5.75 Å². The molecule has 1 heterocycles. The molecule has 0 aliphatic carbocycles. The smallest absolute Gasteiger partial charge is 0.324 e. The Labute approximate surface area is 144 Å². The molecule has 0 fully saturated rings. The zero-order valence-corrected chi connectivity index (χ0v) is 14.5. The molecule has 0 saturated carbocycles. The van der Waals surface area contributed by atoms with E-state index in [1.807, 2.05) is 0 Å². The molecule has 0 unspecified atom stereocenters. The van der Waals surface area contributed by atoms with Crippen LogP contribution in [0.1, 0.15) is 42.5 Å². The van der Waals surface area contributed by atoms with Crippen LogP contribution >= 0.6 is 0 Å². The lowest BCUT2D eigenvalue weighted by atomic mass is 10.1. The number of hydrogen-bond acceptors (Lipinski definition) is 3. The van der Waals surface area contributed by atoms with E-state index in [4.69, 9.17) is 4.74 Å². The average Bonchev–Trinajstić information content (AvgIpc) is 2.46. The molecular formula is C18H20F2N2O3. The Kier molecular flexibility index (Phi) is 5.25. The van der Waals surface area contributed by atoms with Gasteiger partial charge >= 0.3 is 11.6 Å². The van der Waals surface area contributed by atoms with E-state index in [2.05, 4.69) is 5.32 Å². The molecule has 0 spiro atoms. The highest BCUT2D eigenvalue weighted by molar-refractivity contribution is 5.94. The van der Waals surface area contributed by atoms with Crippen LogP contribution < -0.4 is 14.8 Å². The number of methoxy groups -OCH3 is 1. The number of benzene rings is 1. The average molecular weight is 350 g/mol. The number of carbonyl (C=O) groups is 1. The van der Waals surface area contributed by atoms with Gasteiger partial charge < -0.3 is 15.3 Å². The SMILES string of the molecule is COc1ccc(Cc2cc(F)cc(F)c2)[n+]([O-])c1C(=O)NC(C)(C)C. The number of hydrogen-bond donors (Lipinski definition) is 1. The predicted octanol–water partition coefficient (Wildman–Crippen LogP) is 2.73. The first-order valence-electron chi connectivity index (χ1n) is 7.67. The Morgan fingerprint density at radius 1 is 1.20 bits per heavy atom. The van der Waals surface area contributed by atoms with Crippen LogP contribution in [0.3, 0.4) is 0 Å². The van der Waals surface area contributed by atoms with E-state index in [9.17, 15) is 18.8 Å². The first-order valence-corrected chi connectivity index (χ1v) is 7.67. The highest BCUT2D eigenvalue weighted by atomic mass is 19.1. The molecule has 2 rings (SSSR count). The molecule has 5 nitrogen and oxygen atoms in total. The summed E-state index contributed by atoms with van der Waals surface area (Å²) < 4.78 is 32.2. The molecule has 1 aromatic carbocycles. The number of nitrogens with one attached hydrogen (secondary N) is 1. The number of halogens is 2. The van der Waals surface area contributed by atoms with E-state index in [0.29, 0.717) is 4.73 Å². The molecule has 1 aromatic heterocycles. The number of pyridine rings is 1. The van der Waals surface area contributed by atoms with Gasteiger partial charge in [-0.3, -0.25) is 4.79 Å². The van der Waals surface area contributed by atoms with Crippen molar-refractivity contribution in [2.24, 2.45) is 0 Å². The van der Waals surface area contributed by atoms with Crippen LogP contribution in [0.2, 0.25) is 0 Å². The zero-order valence-electron chi connectivity index (χ0n) is 14.5. The van der Waals surface area contributed by atoms with Gasteiger partial charge in [0, 0.05) is 17.7 Å². The molecule has 0 aliphatic heterocycles. The predicted molar refractivity (Wildman–Crippen MR) is 88.3 cm³/mol. The molecule has 1 N–H and O–H groups in total. The Morgan fingerprint density at radius 2 is 1.80 bits per heavy atom. The highest BCUT2D eigenvalue weighted by Crippen LogP contribution is 2.18. The second kappa shape index (κ2) is 7.04. The van der Waals surface area contributed by atoms with Crippen molar-refractivity contribution < 1.29 is 23.0 Å². The summed E-state index contributed by atoms with van der Waals surface area (Å²) in [5.41, 5.74) is -0.289. The third-order valence-corrected chi connectivity index (χ3v) is 3.36. The topological polar surface area (TPSA) is 65.3 Å². The standard InChI is InChI=1S/C18H20F2N2O3/c1-18(2,3)21-17(23)16-15(25-4)6-5-14(22(16)24)9-11-7-12(19)10-13(20)8-11/h5-8,10H,9H2,1-4H3,(H,21,23). The number of aromatic nitrogens is 1. The molecule has 0 atom stereocenters. The van der Waals surface area contributed by atoms with Gasteiger partial charge in [-0.15, -0.1) is 0 Å². The molecule has 0 aliphatic rings. The maximum atomic E-state index is 13.3. The summed E-state index contributed by atoms with van der Waals surface area (Å²) in [5, 5.41) is 15.3. The molecule has 134 valence electrons. The molecule has 0 radical (unpaired) electrons. The minimum absolute atomic E-state index is 0.0298. The maximum Gasteiger partial charge on any atom is 0.324 e. The fourth-order valence-corrected chi connectivity index (χ4v) is 2.38. The molecule has 7 heteroatoms. The van der Waals surface area contributed by atoms with Crippen molar-refractivity contribution in [1.82, 2.24) is 5.32 Å². The molecule has 0 saturated heterocycles. The Hall–Kier alpha value is -2.70. The summed E-state index contributed by atoms with van der Waals surface area (Å²) >= 11 is 0. The lowest BCUT2D eigenvalue weighted by molar-refractivity contribution is -0.616. The normalized spacial score (nSPS) is 11.3. The van der Waals surface area contributed by atoms with E-state index < -0.39 is 23.1 Å². The van der Waals surface area contributed by atoms with Crippen molar-refractivity contribution >= 4 is 5.91 Å². The quantitative estimate of drug-likeness (QED) is 0.681. The Bertz CT molecular complexity index is 781. The number of nitrogens with zero attached hydrogens (tertiary/aromatic N) is 1. The second-order valence-electron chi connectivity index (χ2n) is 6.69. The van der Waals surface area contributed by atoms with Crippen LogP contribution in [0.5, 0.6) is 5.75 Å². The summed E-state index contributed by atoms with van der Waals surface area (Å²) in [6.45, 7) is 5.35. The van der Waals surface area contributed by atoms with E-state index in [1.165, 1.54) is 19.2 Å². The third kappa shape index (κ3) is 4.65. The van der Waals surface area contributed by atoms with Gasteiger partial charge in [-0.05, 0) is 44.5 Å². The third-order valence-electron chi connectivity index (χ3n) is 3.36. The highest BCUT2D eigenvalue weighted by Gasteiger charge is 2.28. The summed E-state index contributed by atoms with van der Waals surface area (Å²) in [6.07, 6.45) is -0.0298. The van der Waals surface area contributed by atoms with Crippen molar-refractivity contribution in [2.45, 2.75) is 32.7 Å². The molecule has 2 aromatic rings. The molecule has 0 bridgehead atoms. The van der Waals surface area contributed by atoms with Crippen molar-refractivity contribution in [2.75, 3.05) is 7.11 Å². The summed E-state index contributed by atoms with van der Waals surface area (Å²) in [6, 6.07) is 5.98. The summed E-state index contributed by atoms with van der Waals surface area (Å²) in [4.78, 5) is 12.4. The van der Waals surface area contributed by atoms with Gasteiger partial charge in [-0.2, -0.15) is 4.73 Å². The van der Waals surface area contributed by atoms with Crippen LogP contribution in [-0.4, -0.2) is 18.6 Å². The van der Waals surface area contributed by atoms with Gasteiger partial charge in [-0.1, -0.05) is 0 Å². The van der Waals surface area contributed by atoms with Crippen LogP contribution in [0.25, 0.3) is 0 Å². The van der Waals surface area contributed by atoms with E-state index in [1.54, 1.807) is 20.8 Å². The van der Waals surface area contributed by atoms with Gasteiger partial charge in [0.15, 0.2) is 11.4 Å². The molecule has 25 heavy (non-hydrogen) atoms. The van der Waals surface area contributed by atoms with Crippen LogP contribution in [0.4, 0.5) is 8.78 Å². The van der Waals surface area contributed by atoms with Gasteiger partial charge in [0.2, 0.25) is 0 Å². The fourth-order valence-electron chi connectivity index (χ4n) is 2.38. The number of amides is 1. The van der Waals surface area contributed by atoms with E-state index >= 15 is 0 Å². The second-order valence-corrected chi connectivity index (χ2v) is 6.69. The minimum Gasteiger partial charge on any atom is -0.618 e. The Morgan fingerprint density at radius 3 is 2.32 bits per heavy atom. The van der Waals surface area contributed by atoms with Crippen molar-refractivity contribution in [3.63, 3.8) is 0 Å². The number of carbonyl (C=O) groups excluding carboxylic acids is 1. The molecule has 1 amide bonds. The summed E-state index contributed by atoms with van der Waals surface area (Å²) in [7, 11) is 1.35. The zero-order chi connectivity index (χ0) is 18.8. The first kappa shape index (κ1) is 18.6. The van der Waals surface area contributed by atoms with Crippen molar-refractivity contribution in [1.29, 1.82) is 0 Å². The van der Waals surface area contributed by atoms with E-state index in [0.717, 1.165) is 18.2 Å². The lowest BCUT2D eigenvalue weighted by Crippen LogP contribution is -2.48. The van der Waals surface area contributed by atoms with Gasteiger partial charge in [0.05, 0.1) is 13.5 Å². The maximum absolute atomic E-state index is 13.3. The minimum atomic E-state index is -0.730. The van der Waals surface area contributed by atoms with Crippen LogP contribution in [-0.2, 0) is 6.42 Å². The van der Waals surface area contributed by atoms with Crippen molar-refractivity contribution in [3.05, 3.63) is 64.1 Å². The largest absolute Gasteiger partial charge is 0.618 e. The van der Waals surface area contributed by atoms with Gasteiger partial charge in [-0.25, -0.2) is 8.78 Å². The first-order chi connectivity index (χ1) is 11.6. The molecular weight excluding hydrogens is 330 g/mol. The van der Waals surface area contributed by atoms with Gasteiger partial charge in [0.1, 0.15) is 11.6 Å². The summed E-state index contributed by atoms with van der Waals surface area (Å²) in [5.74, 6) is -1.93. The van der Waals surface area contributed by atoms with E-state index in [-0.39, 0.29) is 29.1 Å². The lowest BCUT2D eigenvalue weighted by Gasteiger charge is -2.21. The Balaban J connectivity index is 2.44. The fraction of sp³-hybridized carbons (Fsp3) is 0.333. The number of rotatable bonds is 4. The number of ether oxygens (including phenoxy) is 1. The van der Waals surface area contributed by atoms with Crippen LogP contribution in [0.15, 0.2) is 30.3 Å². The van der Waals surface area contributed by atoms with Crippen LogP contribution in [0, 0.1) is 16.8 Å². The van der Waals surface area contributed by atoms with Gasteiger partial charge in [0.25, 0.3) is 0 Å². The monoisotopic (exact) mass is 350 g/mol.